The van der Waals surface area contributed by atoms with Gasteiger partial charge in [-0.05, 0) is 18.1 Å². The molecular weight excluding hydrogens is 262 g/mol. The van der Waals surface area contributed by atoms with Crippen molar-refractivity contribution >= 4 is 0 Å². The summed E-state index contributed by atoms with van der Waals surface area (Å²) in [7, 11) is 0. The Labute approximate surface area is 106 Å². The molecule has 0 amide bonds. The second-order valence-corrected chi connectivity index (χ2v) is 3.81. The Balaban J connectivity index is 2.37. The van der Waals surface area contributed by atoms with Gasteiger partial charge in [0.25, 0.3) is 0 Å². The van der Waals surface area contributed by atoms with E-state index in [0.29, 0.717) is 23.2 Å². The minimum Gasteiger partial charge on any atom is -0.253 e. The van der Waals surface area contributed by atoms with Gasteiger partial charge in [0.1, 0.15) is 5.82 Å². The lowest BCUT2D eigenvalue weighted by atomic mass is 10.1. The zero-order chi connectivity index (χ0) is 14.0. The van der Waals surface area contributed by atoms with Crippen LogP contribution in [-0.2, 0) is 12.6 Å². The van der Waals surface area contributed by atoms with E-state index in [0.717, 1.165) is 18.6 Å². The van der Waals surface area contributed by atoms with Crippen molar-refractivity contribution in [3.8, 4) is 11.3 Å². The molecular formula is C12H9F4N3. The average Bonchev–Trinajstić information content (AvgIpc) is 2.38. The van der Waals surface area contributed by atoms with E-state index in [1.165, 1.54) is 6.07 Å². The predicted octanol–water partition coefficient (Wildman–Crippen LogP) is 3.26. The number of pyridine rings is 1. The molecule has 0 saturated carbocycles. The van der Waals surface area contributed by atoms with Gasteiger partial charge in [-0.2, -0.15) is 13.2 Å². The fourth-order valence-electron chi connectivity index (χ4n) is 1.52. The number of aromatic nitrogens is 3. The highest BCUT2D eigenvalue weighted by atomic mass is 19.4. The van der Waals surface area contributed by atoms with E-state index >= 15 is 0 Å². The summed E-state index contributed by atoms with van der Waals surface area (Å²) in [5.74, 6) is -1.66. The first-order chi connectivity index (χ1) is 8.91. The van der Waals surface area contributed by atoms with Crippen LogP contribution in [0.5, 0.6) is 0 Å². The van der Waals surface area contributed by atoms with E-state index in [-0.39, 0.29) is 0 Å². The van der Waals surface area contributed by atoms with Crippen LogP contribution in [0, 0.1) is 5.82 Å². The van der Waals surface area contributed by atoms with Crippen LogP contribution in [0.25, 0.3) is 11.3 Å². The maximum absolute atomic E-state index is 13.3. The normalized spacial score (nSPS) is 11.6. The van der Waals surface area contributed by atoms with Crippen molar-refractivity contribution in [3.63, 3.8) is 0 Å². The van der Waals surface area contributed by atoms with Crippen LogP contribution in [-0.4, -0.2) is 15.0 Å². The molecule has 19 heavy (non-hydrogen) atoms. The summed E-state index contributed by atoms with van der Waals surface area (Å²) in [6, 6.07) is 1.47. The number of aryl methyl sites for hydroxylation is 1. The molecule has 2 rings (SSSR count). The second kappa shape index (κ2) is 4.91. The molecule has 0 N–H and O–H groups in total. The quantitative estimate of drug-likeness (QED) is 0.787. The third-order valence-electron chi connectivity index (χ3n) is 2.52. The van der Waals surface area contributed by atoms with Gasteiger partial charge in [0.2, 0.25) is 5.82 Å². The maximum Gasteiger partial charge on any atom is 0.451 e. The molecule has 0 fully saturated rings. The summed E-state index contributed by atoms with van der Waals surface area (Å²) in [6.07, 6.45) is -1.04. The van der Waals surface area contributed by atoms with Crippen LogP contribution in [0.15, 0.2) is 24.7 Å². The van der Waals surface area contributed by atoms with Gasteiger partial charge in [0.15, 0.2) is 0 Å². The molecule has 0 spiro atoms. The summed E-state index contributed by atoms with van der Waals surface area (Å²) in [6.45, 7) is 1.77. The molecule has 3 nitrogen and oxygen atoms in total. The smallest absolute Gasteiger partial charge is 0.253 e. The molecule has 0 bridgehead atoms. The zero-order valence-electron chi connectivity index (χ0n) is 9.87. The van der Waals surface area contributed by atoms with Crippen LogP contribution < -0.4 is 0 Å². The molecule has 0 aliphatic heterocycles. The van der Waals surface area contributed by atoms with Gasteiger partial charge in [-0.15, -0.1) is 0 Å². The van der Waals surface area contributed by atoms with Crippen molar-refractivity contribution in [2.75, 3.05) is 0 Å². The first-order valence-corrected chi connectivity index (χ1v) is 5.46. The van der Waals surface area contributed by atoms with Crippen LogP contribution in [0.3, 0.4) is 0 Å². The lowest BCUT2D eigenvalue weighted by Crippen LogP contribution is -2.10. The fraction of sp³-hybridized carbons (Fsp3) is 0.250. The molecule has 0 radical (unpaired) electrons. The van der Waals surface area contributed by atoms with Crippen LogP contribution >= 0.6 is 0 Å². The van der Waals surface area contributed by atoms with E-state index < -0.39 is 17.8 Å². The lowest BCUT2D eigenvalue weighted by molar-refractivity contribution is -0.144. The molecule has 0 atom stereocenters. The Morgan fingerprint density at radius 3 is 2.21 bits per heavy atom. The van der Waals surface area contributed by atoms with Crippen molar-refractivity contribution < 1.29 is 17.6 Å². The Morgan fingerprint density at radius 1 is 1.05 bits per heavy atom. The summed E-state index contributed by atoms with van der Waals surface area (Å²) >= 11 is 0. The molecule has 0 saturated heterocycles. The molecule has 0 aromatic carbocycles. The number of alkyl halides is 3. The SMILES string of the molecule is CCc1cc(-c2cnc(C(F)(F)F)nc2)ncc1F. The summed E-state index contributed by atoms with van der Waals surface area (Å²) in [5.41, 5.74) is 1.08. The van der Waals surface area contributed by atoms with Gasteiger partial charge in [0.05, 0.1) is 11.9 Å². The summed E-state index contributed by atoms with van der Waals surface area (Å²) < 4.78 is 50.2. The Kier molecular flexibility index (Phi) is 3.46. The molecule has 0 aliphatic rings. The van der Waals surface area contributed by atoms with Crippen LogP contribution in [0.4, 0.5) is 17.6 Å². The van der Waals surface area contributed by atoms with Crippen LogP contribution in [0.1, 0.15) is 18.3 Å². The Bertz CT molecular complexity index is 579. The molecule has 2 aromatic heterocycles. The number of nitrogens with zero attached hydrogens (tertiary/aromatic N) is 3. The number of hydrogen-bond donors (Lipinski definition) is 0. The highest BCUT2D eigenvalue weighted by Gasteiger charge is 2.34. The number of hydrogen-bond acceptors (Lipinski definition) is 3. The standard InChI is InChI=1S/C12H9F4N3/c1-2-7-3-10(17-6-9(7)13)8-4-18-11(19-5-8)12(14,15)16/h3-6H,2H2,1H3. The van der Waals surface area contributed by atoms with E-state index in [1.807, 2.05) is 0 Å². The van der Waals surface area contributed by atoms with Crippen molar-refractivity contribution in [2.45, 2.75) is 19.5 Å². The Morgan fingerprint density at radius 2 is 1.68 bits per heavy atom. The van der Waals surface area contributed by atoms with Crippen molar-refractivity contribution in [3.05, 3.63) is 41.9 Å². The third kappa shape index (κ3) is 2.86. The monoisotopic (exact) mass is 271 g/mol. The average molecular weight is 271 g/mol. The van der Waals surface area contributed by atoms with Gasteiger partial charge in [-0.3, -0.25) is 4.98 Å². The zero-order valence-corrected chi connectivity index (χ0v) is 9.87. The van der Waals surface area contributed by atoms with Crippen molar-refractivity contribution in [2.24, 2.45) is 0 Å². The molecule has 0 unspecified atom stereocenters. The first-order valence-electron chi connectivity index (χ1n) is 5.46. The first kappa shape index (κ1) is 13.4. The minimum absolute atomic E-state index is 0.308. The van der Waals surface area contributed by atoms with Gasteiger partial charge in [0, 0.05) is 18.0 Å². The van der Waals surface area contributed by atoms with Gasteiger partial charge in [-0.25, -0.2) is 14.4 Å². The van der Waals surface area contributed by atoms with E-state index in [9.17, 15) is 17.6 Å². The second-order valence-electron chi connectivity index (χ2n) is 3.81. The molecule has 7 heteroatoms. The third-order valence-corrected chi connectivity index (χ3v) is 2.52. The van der Waals surface area contributed by atoms with E-state index in [4.69, 9.17) is 0 Å². The molecule has 2 aromatic rings. The van der Waals surface area contributed by atoms with E-state index in [2.05, 4.69) is 15.0 Å². The van der Waals surface area contributed by atoms with Gasteiger partial charge >= 0.3 is 6.18 Å². The number of halogens is 4. The maximum atomic E-state index is 13.3. The van der Waals surface area contributed by atoms with Crippen LogP contribution in [0.2, 0.25) is 0 Å². The lowest BCUT2D eigenvalue weighted by Gasteiger charge is -2.06. The Hall–Kier alpha value is -2.05. The molecule has 100 valence electrons. The largest absolute Gasteiger partial charge is 0.451 e. The summed E-state index contributed by atoms with van der Waals surface area (Å²) in [4.78, 5) is 10.3. The molecule has 0 aliphatic carbocycles. The highest BCUT2D eigenvalue weighted by molar-refractivity contribution is 5.57. The van der Waals surface area contributed by atoms with E-state index in [1.54, 1.807) is 6.92 Å². The predicted molar refractivity (Wildman–Crippen MR) is 59.6 cm³/mol. The summed E-state index contributed by atoms with van der Waals surface area (Å²) in [5, 5.41) is 0. The van der Waals surface area contributed by atoms with Crippen molar-refractivity contribution in [1.29, 1.82) is 0 Å². The minimum atomic E-state index is -4.58. The number of rotatable bonds is 2. The van der Waals surface area contributed by atoms with Crippen molar-refractivity contribution in [1.82, 2.24) is 15.0 Å². The topological polar surface area (TPSA) is 38.7 Å². The van der Waals surface area contributed by atoms with Gasteiger partial charge in [-0.1, -0.05) is 6.92 Å². The van der Waals surface area contributed by atoms with Gasteiger partial charge < -0.3 is 0 Å². The fourth-order valence-corrected chi connectivity index (χ4v) is 1.52. The molecule has 2 heterocycles. The highest BCUT2D eigenvalue weighted by Crippen LogP contribution is 2.26.